The Hall–Kier alpha value is -3.94. The normalized spacial score (nSPS) is 15.9. The highest BCUT2D eigenvalue weighted by atomic mass is 16.5. The summed E-state index contributed by atoms with van der Waals surface area (Å²) in [5, 5.41) is 2.88. The highest BCUT2D eigenvalue weighted by Crippen LogP contribution is 2.36. The molecule has 4 rings (SSSR count). The van der Waals surface area contributed by atoms with E-state index in [-0.39, 0.29) is 17.7 Å². The van der Waals surface area contributed by atoms with Crippen LogP contribution in [0.1, 0.15) is 48.7 Å². The van der Waals surface area contributed by atoms with Crippen molar-refractivity contribution in [1.82, 2.24) is 20.2 Å². The zero-order valence-electron chi connectivity index (χ0n) is 20.2. The van der Waals surface area contributed by atoms with Crippen LogP contribution in [0, 0.1) is 0 Å². The fourth-order valence-corrected chi connectivity index (χ4v) is 4.28. The van der Waals surface area contributed by atoms with Gasteiger partial charge in [0, 0.05) is 37.0 Å². The van der Waals surface area contributed by atoms with Crippen molar-refractivity contribution in [2.45, 2.75) is 38.1 Å². The van der Waals surface area contributed by atoms with Crippen LogP contribution in [0.25, 0.3) is 0 Å². The topological polar surface area (TPSA) is 93.7 Å². The van der Waals surface area contributed by atoms with Crippen LogP contribution in [0.15, 0.2) is 67.0 Å². The van der Waals surface area contributed by atoms with Gasteiger partial charge in [-0.2, -0.15) is 0 Å². The van der Waals surface area contributed by atoms with Crippen molar-refractivity contribution in [3.63, 3.8) is 0 Å². The van der Waals surface area contributed by atoms with Crippen LogP contribution >= 0.6 is 0 Å². The van der Waals surface area contributed by atoms with E-state index in [2.05, 4.69) is 15.3 Å². The van der Waals surface area contributed by atoms with E-state index in [1.54, 1.807) is 62.5 Å². The smallest absolute Gasteiger partial charge is 0.252 e. The molecule has 3 aromatic rings. The summed E-state index contributed by atoms with van der Waals surface area (Å²) in [6.07, 6.45) is 4.88. The lowest BCUT2D eigenvalue weighted by Gasteiger charge is -2.37. The Morgan fingerprint density at radius 3 is 2.43 bits per heavy atom. The molecule has 35 heavy (non-hydrogen) atoms. The first-order valence-corrected chi connectivity index (χ1v) is 11.7. The summed E-state index contributed by atoms with van der Waals surface area (Å²) in [5.74, 6) is 1.08. The van der Waals surface area contributed by atoms with Gasteiger partial charge in [-0.05, 0) is 51.0 Å². The molecule has 2 amide bonds. The van der Waals surface area contributed by atoms with Crippen molar-refractivity contribution in [3.05, 3.63) is 78.2 Å². The molecule has 1 aliphatic rings. The predicted octanol–water partition coefficient (Wildman–Crippen LogP) is 4.19. The molecular formula is C27H30N4O4. The number of carbonyl (C=O) groups excluding carboxylic acids is 2. The fourth-order valence-electron chi connectivity index (χ4n) is 4.28. The van der Waals surface area contributed by atoms with Crippen molar-refractivity contribution in [2.75, 3.05) is 20.2 Å². The maximum Gasteiger partial charge on any atom is 0.252 e. The lowest BCUT2D eigenvalue weighted by atomic mass is 9.92. The first kappa shape index (κ1) is 24.2. The molecule has 0 saturated carbocycles. The number of ether oxygens (including phenoxy) is 2. The highest BCUT2D eigenvalue weighted by molar-refractivity contribution is 5.98. The van der Waals surface area contributed by atoms with Crippen molar-refractivity contribution in [2.24, 2.45) is 0 Å². The van der Waals surface area contributed by atoms with Crippen LogP contribution < -0.4 is 14.8 Å². The first-order chi connectivity index (χ1) is 16.9. The highest BCUT2D eigenvalue weighted by Gasteiger charge is 2.37. The zero-order chi connectivity index (χ0) is 24.8. The van der Waals surface area contributed by atoms with Crippen LogP contribution in [0.3, 0.4) is 0 Å². The minimum atomic E-state index is -1.06. The Balaban J connectivity index is 1.49. The van der Waals surface area contributed by atoms with Crippen LogP contribution in [-0.4, -0.2) is 52.4 Å². The van der Waals surface area contributed by atoms with Crippen molar-refractivity contribution in [1.29, 1.82) is 0 Å². The summed E-state index contributed by atoms with van der Waals surface area (Å²) in [4.78, 5) is 36.9. The zero-order valence-corrected chi connectivity index (χ0v) is 20.2. The van der Waals surface area contributed by atoms with Crippen LogP contribution in [0.4, 0.5) is 0 Å². The third kappa shape index (κ3) is 5.59. The van der Waals surface area contributed by atoms with Gasteiger partial charge in [0.15, 0.2) is 11.5 Å². The molecule has 0 radical (unpaired) electrons. The van der Waals surface area contributed by atoms with E-state index in [1.165, 1.54) is 0 Å². The van der Waals surface area contributed by atoms with Crippen molar-refractivity contribution >= 4 is 11.8 Å². The molecular weight excluding hydrogens is 444 g/mol. The molecule has 2 aromatic carbocycles. The minimum Gasteiger partial charge on any atom is -0.493 e. The predicted molar refractivity (Wildman–Crippen MR) is 132 cm³/mol. The Morgan fingerprint density at radius 1 is 1.00 bits per heavy atom. The number of methoxy groups -OCH3 is 1. The van der Waals surface area contributed by atoms with Crippen LogP contribution in [0.5, 0.6) is 17.4 Å². The standard InChI is InChI=1S/C27H30N4O4/c1-27(2,30-24(32)19-10-5-4-6-11-19)26(33)31-17-9-12-20(18-31)23-25(29-16-15-28-23)35-22-14-8-7-13-21(22)34-3/h4-8,10-11,13-16,20H,9,12,17-18H2,1-3H3,(H,30,32). The third-order valence-electron chi connectivity index (χ3n) is 6.06. The summed E-state index contributed by atoms with van der Waals surface area (Å²) >= 11 is 0. The number of nitrogens with zero attached hydrogens (tertiary/aromatic N) is 3. The maximum atomic E-state index is 13.5. The first-order valence-electron chi connectivity index (χ1n) is 11.7. The van der Waals surface area contributed by atoms with Gasteiger partial charge in [0.25, 0.3) is 5.91 Å². The van der Waals surface area contributed by atoms with Gasteiger partial charge >= 0.3 is 0 Å². The number of amides is 2. The summed E-state index contributed by atoms with van der Waals surface area (Å²) in [6, 6.07) is 16.2. The quantitative estimate of drug-likeness (QED) is 0.552. The Bertz CT molecular complexity index is 1180. The van der Waals surface area contributed by atoms with E-state index < -0.39 is 5.54 Å². The second-order valence-electron chi connectivity index (χ2n) is 9.04. The van der Waals surface area contributed by atoms with Crippen LogP contribution in [-0.2, 0) is 4.79 Å². The molecule has 1 aliphatic heterocycles. The van der Waals surface area contributed by atoms with Gasteiger partial charge in [0.2, 0.25) is 11.8 Å². The van der Waals surface area contributed by atoms with Crippen molar-refractivity contribution in [3.8, 4) is 17.4 Å². The lowest BCUT2D eigenvalue weighted by molar-refractivity contribution is -0.138. The molecule has 8 heteroatoms. The molecule has 1 unspecified atom stereocenters. The summed E-state index contributed by atoms with van der Waals surface area (Å²) in [5.41, 5.74) is 0.151. The molecule has 0 spiro atoms. The van der Waals surface area contributed by atoms with Crippen LogP contribution in [0.2, 0.25) is 0 Å². The van der Waals surface area contributed by atoms with E-state index in [0.29, 0.717) is 41.7 Å². The van der Waals surface area contributed by atoms with Crippen molar-refractivity contribution < 1.29 is 19.1 Å². The molecule has 1 aromatic heterocycles. The summed E-state index contributed by atoms with van der Waals surface area (Å²) < 4.78 is 11.5. The van der Waals surface area contributed by atoms with E-state index in [9.17, 15) is 9.59 Å². The summed E-state index contributed by atoms with van der Waals surface area (Å²) in [7, 11) is 1.59. The molecule has 1 saturated heterocycles. The molecule has 2 heterocycles. The van der Waals surface area contributed by atoms with Gasteiger partial charge in [-0.25, -0.2) is 4.98 Å². The number of aromatic nitrogens is 2. The second kappa shape index (κ2) is 10.5. The molecule has 1 fully saturated rings. The average Bonchev–Trinajstić information content (AvgIpc) is 2.89. The number of hydrogen-bond acceptors (Lipinski definition) is 6. The maximum absolute atomic E-state index is 13.5. The SMILES string of the molecule is COc1ccccc1Oc1nccnc1C1CCCN(C(=O)C(C)(C)NC(=O)c2ccccc2)C1. The number of para-hydroxylation sites is 2. The Morgan fingerprint density at radius 2 is 1.69 bits per heavy atom. The molecule has 1 atom stereocenters. The van der Waals surface area contributed by atoms with Gasteiger partial charge in [0.1, 0.15) is 11.2 Å². The minimum absolute atomic E-state index is 0.0493. The number of rotatable bonds is 7. The van der Waals surface area contributed by atoms with E-state index in [0.717, 1.165) is 12.8 Å². The van der Waals surface area contributed by atoms with Gasteiger partial charge in [-0.3, -0.25) is 14.6 Å². The molecule has 8 nitrogen and oxygen atoms in total. The van der Waals surface area contributed by atoms with Gasteiger partial charge in [-0.1, -0.05) is 30.3 Å². The molecule has 0 aliphatic carbocycles. The fraction of sp³-hybridized carbons (Fsp3) is 0.333. The number of likely N-dealkylation sites (tertiary alicyclic amines) is 1. The van der Waals surface area contributed by atoms with E-state index in [4.69, 9.17) is 9.47 Å². The van der Waals surface area contributed by atoms with E-state index >= 15 is 0 Å². The monoisotopic (exact) mass is 474 g/mol. The number of benzene rings is 2. The number of nitrogens with one attached hydrogen (secondary N) is 1. The van der Waals surface area contributed by atoms with Gasteiger partial charge < -0.3 is 19.7 Å². The second-order valence-corrected chi connectivity index (χ2v) is 9.04. The third-order valence-corrected chi connectivity index (χ3v) is 6.06. The largest absolute Gasteiger partial charge is 0.493 e. The number of piperidine rings is 1. The molecule has 0 bridgehead atoms. The average molecular weight is 475 g/mol. The summed E-state index contributed by atoms with van der Waals surface area (Å²) in [6.45, 7) is 4.55. The Kier molecular flexibility index (Phi) is 7.29. The van der Waals surface area contributed by atoms with E-state index in [1.807, 2.05) is 30.3 Å². The van der Waals surface area contributed by atoms with Gasteiger partial charge in [0.05, 0.1) is 7.11 Å². The molecule has 182 valence electrons. The number of carbonyl (C=O) groups is 2. The lowest BCUT2D eigenvalue weighted by Crippen LogP contribution is -2.57. The Labute approximate surface area is 205 Å². The molecule has 1 N–H and O–H groups in total. The number of hydrogen-bond donors (Lipinski definition) is 1. The van der Waals surface area contributed by atoms with Gasteiger partial charge in [-0.15, -0.1) is 0 Å².